The second-order valence-electron chi connectivity index (χ2n) is 8.17. The SMILES string of the molecule is CCOC(=O)[C@@H]1C[C@@]2(CC(c3c(Cl)cccc3Cl)=NO2)CN1C(=O)OC(C)(C)C. The molecule has 0 unspecified atom stereocenters. The molecule has 0 saturated carbocycles. The number of hydrogen-bond acceptors (Lipinski definition) is 6. The number of carbonyl (C=O) groups is 2. The number of rotatable bonds is 3. The summed E-state index contributed by atoms with van der Waals surface area (Å²) >= 11 is 12.6. The summed E-state index contributed by atoms with van der Waals surface area (Å²) in [4.78, 5) is 32.4. The maximum absolute atomic E-state index is 12.7. The molecule has 2 atom stereocenters. The van der Waals surface area contributed by atoms with Crippen LogP contribution < -0.4 is 0 Å². The Bertz CT molecular complexity index is 832. The van der Waals surface area contributed by atoms with Crippen LogP contribution in [-0.4, -0.2) is 53.1 Å². The fraction of sp³-hybridized carbons (Fsp3) is 0.550. The molecule has 1 amide bonds. The topological polar surface area (TPSA) is 77.4 Å². The lowest BCUT2D eigenvalue weighted by atomic mass is 9.91. The van der Waals surface area contributed by atoms with E-state index in [4.69, 9.17) is 37.5 Å². The second-order valence-corrected chi connectivity index (χ2v) is 8.98. The zero-order chi connectivity index (χ0) is 21.4. The number of halogens is 2. The summed E-state index contributed by atoms with van der Waals surface area (Å²) in [5, 5.41) is 5.11. The first-order valence-corrected chi connectivity index (χ1v) is 10.2. The van der Waals surface area contributed by atoms with Crippen molar-refractivity contribution in [1.82, 2.24) is 4.90 Å². The van der Waals surface area contributed by atoms with Crippen LogP contribution in [0.5, 0.6) is 0 Å². The highest BCUT2D eigenvalue weighted by Crippen LogP contribution is 2.41. The molecule has 1 saturated heterocycles. The van der Waals surface area contributed by atoms with E-state index < -0.39 is 29.3 Å². The highest BCUT2D eigenvalue weighted by Gasteiger charge is 2.55. The quantitative estimate of drug-likeness (QED) is 0.646. The predicted octanol–water partition coefficient (Wildman–Crippen LogP) is 4.43. The van der Waals surface area contributed by atoms with Gasteiger partial charge in [0.15, 0.2) is 5.60 Å². The normalized spacial score (nSPS) is 23.7. The molecular weight excluding hydrogens is 419 g/mol. The van der Waals surface area contributed by atoms with Gasteiger partial charge in [0.25, 0.3) is 0 Å². The van der Waals surface area contributed by atoms with Crippen LogP contribution in [0.1, 0.15) is 46.1 Å². The van der Waals surface area contributed by atoms with Crippen LogP contribution in [0.4, 0.5) is 4.79 Å². The molecule has 2 aliphatic heterocycles. The molecule has 2 heterocycles. The lowest BCUT2D eigenvalue weighted by molar-refractivity contribution is -0.148. The van der Waals surface area contributed by atoms with E-state index in [1.165, 1.54) is 4.90 Å². The fourth-order valence-electron chi connectivity index (χ4n) is 3.53. The molecule has 3 rings (SSSR count). The first-order valence-electron chi connectivity index (χ1n) is 9.41. The van der Waals surface area contributed by atoms with E-state index in [9.17, 15) is 9.59 Å². The highest BCUT2D eigenvalue weighted by molar-refractivity contribution is 6.40. The highest BCUT2D eigenvalue weighted by atomic mass is 35.5. The van der Waals surface area contributed by atoms with Crippen molar-refractivity contribution in [2.75, 3.05) is 13.2 Å². The van der Waals surface area contributed by atoms with Gasteiger partial charge in [-0.3, -0.25) is 4.90 Å². The van der Waals surface area contributed by atoms with Gasteiger partial charge in [-0.05, 0) is 39.8 Å². The third-order valence-corrected chi connectivity index (χ3v) is 5.31. The monoisotopic (exact) mass is 442 g/mol. The van der Waals surface area contributed by atoms with Crippen molar-refractivity contribution in [3.05, 3.63) is 33.8 Å². The summed E-state index contributed by atoms with van der Waals surface area (Å²) in [5.74, 6) is -0.497. The van der Waals surface area contributed by atoms with Gasteiger partial charge < -0.3 is 14.3 Å². The summed E-state index contributed by atoms with van der Waals surface area (Å²) in [5.41, 5.74) is -0.396. The van der Waals surface area contributed by atoms with E-state index in [1.54, 1.807) is 45.9 Å². The Labute approximate surface area is 179 Å². The van der Waals surface area contributed by atoms with Gasteiger partial charge in [-0.1, -0.05) is 34.4 Å². The summed E-state index contributed by atoms with van der Waals surface area (Å²) < 4.78 is 10.6. The van der Waals surface area contributed by atoms with Gasteiger partial charge in [-0.15, -0.1) is 0 Å². The first-order chi connectivity index (χ1) is 13.6. The first kappa shape index (κ1) is 21.7. The number of hydrogen-bond donors (Lipinski definition) is 0. The average molecular weight is 443 g/mol. The van der Waals surface area contributed by atoms with Gasteiger partial charge in [-0.2, -0.15) is 0 Å². The molecule has 0 aromatic heterocycles. The number of nitrogens with zero attached hydrogens (tertiary/aromatic N) is 2. The molecule has 0 N–H and O–H groups in total. The summed E-state index contributed by atoms with van der Waals surface area (Å²) in [6.07, 6.45) is -0.00790. The van der Waals surface area contributed by atoms with Crippen molar-refractivity contribution >= 4 is 41.0 Å². The molecule has 7 nitrogen and oxygen atoms in total. The second kappa shape index (κ2) is 8.03. The molecule has 1 spiro atoms. The maximum Gasteiger partial charge on any atom is 0.411 e. The maximum atomic E-state index is 12.7. The van der Waals surface area contributed by atoms with Crippen molar-refractivity contribution in [3.63, 3.8) is 0 Å². The standard InChI is InChI=1S/C20H24Cl2N2O5/c1-5-27-17(25)15-10-20(11-24(15)18(26)28-19(2,3)4)9-14(23-29-20)16-12(21)7-6-8-13(16)22/h6-8,15H,5,9-11H2,1-4H3/t15-,20-/m0/s1. The molecule has 29 heavy (non-hydrogen) atoms. The molecule has 0 bridgehead atoms. The summed E-state index contributed by atoms with van der Waals surface area (Å²) in [6, 6.07) is 4.37. The third kappa shape index (κ3) is 4.61. The molecule has 1 aromatic rings. The largest absolute Gasteiger partial charge is 0.464 e. The van der Waals surface area contributed by atoms with Crippen LogP contribution in [-0.2, 0) is 19.1 Å². The zero-order valence-corrected chi connectivity index (χ0v) is 18.3. The Kier molecular flexibility index (Phi) is 6.01. The minimum atomic E-state index is -0.869. The minimum Gasteiger partial charge on any atom is -0.464 e. The van der Waals surface area contributed by atoms with Crippen molar-refractivity contribution in [2.45, 2.75) is 57.8 Å². The van der Waals surface area contributed by atoms with Gasteiger partial charge in [0.2, 0.25) is 0 Å². The molecule has 158 valence electrons. The van der Waals surface area contributed by atoms with Gasteiger partial charge in [0, 0.05) is 18.4 Å². The van der Waals surface area contributed by atoms with E-state index in [0.717, 1.165) is 0 Å². The van der Waals surface area contributed by atoms with E-state index in [0.29, 0.717) is 27.7 Å². The van der Waals surface area contributed by atoms with Crippen molar-refractivity contribution in [1.29, 1.82) is 0 Å². The van der Waals surface area contributed by atoms with E-state index >= 15 is 0 Å². The molecule has 2 aliphatic rings. The van der Waals surface area contributed by atoms with Crippen molar-refractivity contribution in [2.24, 2.45) is 5.16 Å². The third-order valence-electron chi connectivity index (χ3n) is 4.68. The van der Waals surface area contributed by atoms with Crippen LogP contribution in [0.2, 0.25) is 10.0 Å². The smallest absolute Gasteiger partial charge is 0.411 e. The van der Waals surface area contributed by atoms with E-state index in [-0.39, 0.29) is 19.6 Å². The molecular formula is C20H24Cl2N2O5. The summed E-state index contributed by atoms with van der Waals surface area (Å²) in [7, 11) is 0. The average Bonchev–Trinajstić information content (AvgIpc) is 3.18. The zero-order valence-electron chi connectivity index (χ0n) is 16.8. The van der Waals surface area contributed by atoms with Crippen LogP contribution in [0, 0.1) is 0 Å². The van der Waals surface area contributed by atoms with Crippen LogP contribution in [0.15, 0.2) is 23.4 Å². The van der Waals surface area contributed by atoms with Gasteiger partial charge in [0.05, 0.1) is 28.9 Å². The van der Waals surface area contributed by atoms with Crippen LogP contribution in [0.3, 0.4) is 0 Å². The number of likely N-dealkylation sites (tertiary alicyclic amines) is 1. The van der Waals surface area contributed by atoms with Gasteiger partial charge in [-0.25, -0.2) is 9.59 Å². The van der Waals surface area contributed by atoms with Gasteiger partial charge >= 0.3 is 12.1 Å². The Morgan fingerprint density at radius 2 is 1.97 bits per heavy atom. The van der Waals surface area contributed by atoms with Crippen LogP contribution in [0.25, 0.3) is 0 Å². The Balaban J connectivity index is 1.84. The lowest BCUT2D eigenvalue weighted by Gasteiger charge is -2.27. The molecule has 9 heteroatoms. The Hall–Kier alpha value is -1.99. The summed E-state index contributed by atoms with van der Waals surface area (Å²) in [6.45, 7) is 7.37. The number of oxime groups is 1. The Morgan fingerprint density at radius 3 is 2.55 bits per heavy atom. The minimum absolute atomic E-state index is 0.139. The van der Waals surface area contributed by atoms with Gasteiger partial charge in [0.1, 0.15) is 11.6 Å². The molecule has 1 fully saturated rings. The number of amides is 1. The molecule has 0 aliphatic carbocycles. The van der Waals surface area contributed by atoms with E-state index in [2.05, 4.69) is 5.16 Å². The number of benzene rings is 1. The van der Waals surface area contributed by atoms with Crippen LogP contribution >= 0.6 is 23.2 Å². The number of ether oxygens (including phenoxy) is 2. The molecule has 0 radical (unpaired) electrons. The molecule has 1 aromatic carbocycles. The van der Waals surface area contributed by atoms with E-state index in [1.807, 2.05) is 0 Å². The lowest BCUT2D eigenvalue weighted by Crippen LogP contribution is -2.44. The Morgan fingerprint density at radius 1 is 1.31 bits per heavy atom. The number of carbonyl (C=O) groups excluding carboxylic acids is 2. The number of esters is 1. The predicted molar refractivity (Wildman–Crippen MR) is 109 cm³/mol. The van der Waals surface area contributed by atoms with Crippen molar-refractivity contribution < 1.29 is 23.9 Å². The van der Waals surface area contributed by atoms with Crippen molar-refractivity contribution in [3.8, 4) is 0 Å². The fourth-order valence-corrected chi connectivity index (χ4v) is 4.15.